The van der Waals surface area contributed by atoms with Gasteiger partial charge in [-0.2, -0.15) is 0 Å². The maximum atomic E-state index is 6.09. The molecule has 0 bridgehead atoms. The number of likely N-dealkylation sites (tertiary alicyclic amines) is 1. The van der Waals surface area contributed by atoms with Gasteiger partial charge in [0.2, 0.25) is 0 Å². The summed E-state index contributed by atoms with van der Waals surface area (Å²) in [4.78, 5) is 10.5. The highest BCUT2D eigenvalue weighted by molar-refractivity contribution is 7.15. The highest BCUT2D eigenvalue weighted by atomic mass is 35.5. The topological polar surface area (TPSA) is 23.8 Å². The number of imidazole rings is 1. The summed E-state index contributed by atoms with van der Waals surface area (Å²) in [7, 11) is 2.11. The molecule has 2 aromatic rings. The Balaban J connectivity index is 1.72. The lowest BCUT2D eigenvalue weighted by atomic mass is 10.4. The highest BCUT2D eigenvalue weighted by Crippen LogP contribution is 2.25. The van der Waals surface area contributed by atoms with Crippen molar-refractivity contribution in [3.05, 3.63) is 17.3 Å². The van der Waals surface area contributed by atoms with Gasteiger partial charge in [0.15, 0.2) is 10.8 Å². The molecule has 0 saturated carbocycles. The van der Waals surface area contributed by atoms with Crippen LogP contribution in [0.3, 0.4) is 0 Å². The van der Waals surface area contributed by atoms with Crippen LogP contribution in [0.1, 0.15) is 18.5 Å². The Labute approximate surface area is 122 Å². The molecule has 1 aliphatic rings. The summed E-state index contributed by atoms with van der Waals surface area (Å²) in [6, 6.07) is 0. The fourth-order valence-electron chi connectivity index (χ4n) is 2.65. The third-order valence-corrected chi connectivity index (χ3v) is 4.79. The molecule has 0 N–H and O–H groups in total. The molecule has 0 atom stereocenters. The van der Waals surface area contributed by atoms with E-state index in [1.165, 1.54) is 25.9 Å². The van der Waals surface area contributed by atoms with Crippen LogP contribution in [0, 0.1) is 0 Å². The van der Waals surface area contributed by atoms with E-state index in [9.17, 15) is 0 Å². The van der Waals surface area contributed by atoms with Crippen molar-refractivity contribution in [1.29, 1.82) is 0 Å². The number of rotatable bonds is 5. The quantitative estimate of drug-likeness (QED) is 0.793. The van der Waals surface area contributed by atoms with Crippen molar-refractivity contribution in [1.82, 2.24) is 14.3 Å². The number of halogens is 1. The number of aromatic nitrogens is 2. The first-order chi connectivity index (χ1) is 9.29. The van der Waals surface area contributed by atoms with Crippen LogP contribution in [0.5, 0.6) is 0 Å². The Morgan fingerprint density at radius 1 is 1.42 bits per heavy atom. The minimum absolute atomic E-state index is 0.501. The largest absolute Gasteiger partial charge is 0.357 e. The van der Waals surface area contributed by atoms with Crippen molar-refractivity contribution >= 4 is 33.7 Å². The number of hydrogen-bond acceptors (Lipinski definition) is 4. The number of likely N-dealkylation sites (N-methyl/N-ethyl adjacent to an activating group) is 1. The van der Waals surface area contributed by atoms with Crippen molar-refractivity contribution < 1.29 is 0 Å². The molecule has 104 valence electrons. The van der Waals surface area contributed by atoms with E-state index in [1.807, 2.05) is 11.6 Å². The standard InChI is InChI=1S/C13H19ClN4S/c1-16(6-7-17-4-2-3-5-17)12-11(10-14)18-8-9-19-13(18)15-12/h8-9H,2-7,10H2,1H3. The van der Waals surface area contributed by atoms with Crippen LogP contribution in [0.25, 0.3) is 4.96 Å². The van der Waals surface area contributed by atoms with Crippen LogP contribution in [0.15, 0.2) is 11.6 Å². The third-order valence-electron chi connectivity index (χ3n) is 3.78. The van der Waals surface area contributed by atoms with Crippen molar-refractivity contribution in [3.63, 3.8) is 0 Å². The van der Waals surface area contributed by atoms with Crippen LogP contribution in [0.2, 0.25) is 0 Å². The molecule has 0 amide bonds. The average Bonchev–Trinajstić information content (AvgIpc) is 3.11. The van der Waals surface area contributed by atoms with Crippen LogP contribution >= 0.6 is 22.9 Å². The first kappa shape index (κ1) is 13.2. The van der Waals surface area contributed by atoms with Crippen LogP contribution in [-0.4, -0.2) is 47.5 Å². The normalized spacial score (nSPS) is 16.5. The molecule has 0 aliphatic carbocycles. The molecule has 0 aromatic carbocycles. The Morgan fingerprint density at radius 3 is 2.95 bits per heavy atom. The first-order valence-electron chi connectivity index (χ1n) is 6.73. The number of alkyl halides is 1. The highest BCUT2D eigenvalue weighted by Gasteiger charge is 2.17. The van der Waals surface area contributed by atoms with E-state index in [1.54, 1.807) is 11.3 Å². The van der Waals surface area contributed by atoms with Gasteiger partial charge in [-0.05, 0) is 25.9 Å². The van der Waals surface area contributed by atoms with E-state index in [2.05, 4.69) is 21.2 Å². The Kier molecular flexibility index (Phi) is 3.96. The molecule has 2 aromatic heterocycles. The molecule has 3 heterocycles. The molecule has 4 nitrogen and oxygen atoms in total. The molecule has 1 aliphatic heterocycles. The summed E-state index contributed by atoms with van der Waals surface area (Å²) >= 11 is 7.74. The van der Waals surface area contributed by atoms with Crippen LogP contribution < -0.4 is 4.90 Å². The molecule has 1 saturated heterocycles. The van der Waals surface area contributed by atoms with Gasteiger partial charge in [-0.1, -0.05) is 0 Å². The fourth-order valence-corrected chi connectivity index (χ4v) is 3.63. The molecular weight excluding hydrogens is 280 g/mol. The van der Waals surface area contributed by atoms with E-state index >= 15 is 0 Å². The maximum absolute atomic E-state index is 6.09. The van der Waals surface area contributed by atoms with E-state index in [-0.39, 0.29) is 0 Å². The number of nitrogens with zero attached hydrogens (tertiary/aromatic N) is 4. The summed E-state index contributed by atoms with van der Waals surface area (Å²) in [5.74, 6) is 1.53. The Morgan fingerprint density at radius 2 is 2.21 bits per heavy atom. The second-order valence-corrected chi connectivity index (χ2v) is 6.18. The fraction of sp³-hybridized carbons (Fsp3) is 0.615. The van der Waals surface area contributed by atoms with Gasteiger partial charge in [0, 0.05) is 31.7 Å². The summed E-state index contributed by atoms with van der Waals surface area (Å²) < 4.78 is 2.10. The predicted octanol–water partition coefficient (Wildman–Crippen LogP) is 2.67. The molecule has 0 radical (unpaired) electrons. The minimum atomic E-state index is 0.501. The number of anilines is 1. The van der Waals surface area contributed by atoms with Gasteiger partial charge >= 0.3 is 0 Å². The maximum Gasteiger partial charge on any atom is 0.195 e. The van der Waals surface area contributed by atoms with Gasteiger partial charge in [0.05, 0.1) is 11.6 Å². The smallest absolute Gasteiger partial charge is 0.195 e. The van der Waals surface area contributed by atoms with Crippen molar-refractivity contribution in [2.24, 2.45) is 0 Å². The number of hydrogen-bond donors (Lipinski definition) is 0. The lowest BCUT2D eigenvalue weighted by Gasteiger charge is -2.22. The SMILES string of the molecule is CN(CCN1CCCC1)c1nc2sccn2c1CCl. The molecule has 6 heteroatoms. The summed E-state index contributed by atoms with van der Waals surface area (Å²) in [6.07, 6.45) is 4.73. The van der Waals surface area contributed by atoms with E-state index in [4.69, 9.17) is 16.6 Å². The number of fused-ring (bicyclic) bond motifs is 1. The summed E-state index contributed by atoms with van der Waals surface area (Å²) in [5, 5.41) is 2.05. The van der Waals surface area contributed by atoms with Crippen LogP contribution in [-0.2, 0) is 5.88 Å². The first-order valence-corrected chi connectivity index (χ1v) is 8.15. The second kappa shape index (κ2) is 5.69. The third kappa shape index (κ3) is 2.59. The zero-order chi connectivity index (χ0) is 13.2. The van der Waals surface area contributed by atoms with E-state index in [0.29, 0.717) is 5.88 Å². The van der Waals surface area contributed by atoms with Gasteiger partial charge < -0.3 is 9.80 Å². The van der Waals surface area contributed by atoms with Crippen molar-refractivity contribution in [2.45, 2.75) is 18.7 Å². The summed E-state index contributed by atoms with van der Waals surface area (Å²) in [6.45, 7) is 4.61. The molecule has 1 fully saturated rings. The van der Waals surface area contributed by atoms with Crippen molar-refractivity contribution in [2.75, 3.05) is 38.1 Å². The van der Waals surface area contributed by atoms with E-state index in [0.717, 1.165) is 29.6 Å². The Hall–Kier alpha value is -0.780. The second-order valence-electron chi connectivity index (χ2n) is 5.04. The molecule has 19 heavy (non-hydrogen) atoms. The predicted molar refractivity (Wildman–Crippen MR) is 81.6 cm³/mol. The lowest BCUT2D eigenvalue weighted by Crippen LogP contribution is -2.32. The van der Waals surface area contributed by atoms with Gasteiger partial charge in [-0.25, -0.2) is 4.98 Å². The zero-order valence-electron chi connectivity index (χ0n) is 11.2. The van der Waals surface area contributed by atoms with Gasteiger partial charge in [0.25, 0.3) is 0 Å². The zero-order valence-corrected chi connectivity index (χ0v) is 12.8. The van der Waals surface area contributed by atoms with Gasteiger partial charge in [-0.3, -0.25) is 4.40 Å². The minimum Gasteiger partial charge on any atom is -0.357 e. The Bertz CT molecular complexity index is 544. The monoisotopic (exact) mass is 298 g/mol. The lowest BCUT2D eigenvalue weighted by molar-refractivity contribution is 0.346. The van der Waals surface area contributed by atoms with Gasteiger partial charge in [-0.15, -0.1) is 22.9 Å². The average molecular weight is 299 g/mol. The molecule has 0 spiro atoms. The van der Waals surface area contributed by atoms with Gasteiger partial charge in [0.1, 0.15) is 0 Å². The molecule has 0 unspecified atom stereocenters. The number of thiazole rings is 1. The van der Waals surface area contributed by atoms with E-state index < -0.39 is 0 Å². The summed E-state index contributed by atoms with van der Waals surface area (Å²) in [5.41, 5.74) is 1.10. The molecule has 3 rings (SSSR count). The molecular formula is C13H19ClN4S. The van der Waals surface area contributed by atoms with Crippen molar-refractivity contribution in [3.8, 4) is 0 Å². The van der Waals surface area contributed by atoms with Crippen LogP contribution in [0.4, 0.5) is 5.82 Å².